The molecule has 116 valence electrons. The minimum Gasteiger partial charge on any atom is -0.353 e. The Morgan fingerprint density at radius 2 is 2.05 bits per heavy atom. The number of hydrogen-bond donors (Lipinski definition) is 1. The first kappa shape index (κ1) is 14.8. The Morgan fingerprint density at radius 1 is 1.27 bits per heavy atom. The fourth-order valence-corrected chi connectivity index (χ4v) is 2.92. The van der Waals surface area contributed by atoms with Crippen molar-refractivity contribution >= 4 is 5.91 Å². The van der Waals surface area contributed by atoms with Gasteiger partial charge in [0, 0.05) is 11.6 Å². The molecule has 1 N–H and O–H groups in total. The Hall–Kier alpha value is -2.17. The van der Waals surface area contributed by atoms with Crippen LogP contribution in [0.5, 0.6) is 0 Å². The van der Waals surface area contributed by atoms with Crippen LogP contribution in [0.2, 0.25) is 0 Å². The van der Waals surface area contributed by atoms with Crippen LogP contribution in [0.1, 0.15) is 43.5 Å². The molecule has 0 bridgehead atoms. The molecule has 0 spiro atoms. The van der Waals surface area contributed by atoms with Crippen LogP contribution in [-0.2, 0) is 11.2 Å². The average molecular weight is 299 g/mol. The number of aromatic nitrogens is 2. The van der Waals surface area contributed by atoms with Gasteiger partial charge in [0.1, 0.15) is 0 Å². The zero-order valence-electron chi connectivity index (χ0n) is 12.8. The molecule has 1 aliphatic rings. The predicted octanol–water partition coefficient (Wildman–Crippen LogP) is 3.04. The molecule has 0 aliphatic heterocycles. The molecular weight excluding hydrogens is 278 g/mol. The largest absolute Gasteiger partial charge is 0.353 e. The van der Waals surface area contributed by atoms with Crippen molar-refractivity contribution in [3.05, 3.63) is 35.7 Å². The van der Waals surface area contributed by atoms with E-state index in [9.17, 15) is 4.79 Å². The zero-order chi connectivity index (χ0) is 15.4. The quantitative estimate of drug-likeness (QED) is 0.942. The lowest BCUT2D eigenvalue weighted by atomic mass is 9.95. The molecule has 1 saturated carbocycles. The molecule has 1 aliphatic carbocycles. The summed E-state index contributed by atoms with van der Waals surface area (Å²) in [4.78, 5) is 16.4. The maximum absolute atomic E-state index is 12.1. The summed E-state index contributed by atoms with van der Waals surface area (Å²) in [6.45, 7) is 2.00. The third kappa shape index (κ3) is 3.53. The first-order valence-electron chi connectivity index (χ1n) is 7.90. The SMILES string of the molecule is Cc1ccccc1-c1nc(CC(=O)NC2CCCCC2)no1. The smallest absolute Gasteiger partial charge is 0.258 e. The van der Waals surface area contributed by atoms with Crippen molar-refractivity contribution in [2.75, 3.05) is 0 Å². The molecule has 0 saturated heterocycles. The third-order valence-corrected chi connectivity index (χ3v) is 4.13. The lowest BCUT2D eigenvalue weighted by Crippen LogP contribution is -2.37. The van der Waals surface area contributed by atoms with Crippen molar-refractivity contribution in [3.8, 4) is 11.5 Å². The highest BCUT2D eigenvalue weighted by Gasteiger charge is 2.18. The summed E-state index contributed by atoms with van der Waals surface area (Å²) in [6.07, 6.45) is 6.00. The molecule has 1 aromatic carbocycles. The fourth-order valence-electron chi connectivity index (χ4n) is 2.92. The number of carbonyl (C=O) groups excluding carboxylic acids is 1. The van der Waals surface area contributed by atoms with E-state index in [1.807, 2.05) is 31.2 Å². The van der Waals surface area contributed by atoms with Gasteiger partial charge in [-0.05, 0) is 31.4 Å². The van der Waals surface area contributed by atoms with E-state index in [0.717, 1.165) is 24.0 Å². The molecule has 22 heavy (non-hydrogen) atoms. The number of amides is 1. The molecular formula is C17H21N3O2. The molecule has 2 aromatic rings. The van der Waals surface area contributed by atoms with Crippen LogP contribution >= 0.6 is 0 Å². The summed E-state index contributed by atoms with van der Waals surface area (Å²) >= 11 is 0. The normalized spacial score (nSPS) is 15.7. The Bertz CT molecular complexity index is 645. The summed E-state index contributed by atoms with van der Waals surface area (Å²) in [5, 5.41) is 6.99. The first-order chi connectivity index (χ1) is 10.7. The summed E-state index contributed by atoms with van der Waals surface area (Å²) in [6, 6.07) is 8.14. The van der Waals surface area contributed by atoms with Gasteiger partial charge in [0.05, 0.1) is 6.42 Å². The first-order valence-corrected chi connectivity index (χ1v) is 7.90. The molecule has 0 atom stereocenters. The highest BCUT2D eigenvalue weighted by Crippen LogP contribution is 2.21. The minimum absolute atomic E-state index is 0.0240. The van der Waals surface area contributed by atoms with Crippen LogP contribution in [0.3, 0.4) is 0 Å². The van der Waals surface area contributed by atoms with Gasteiger partial charge in [-0.1, -0.05) is 42.6 Å². The number of nitrogens with one attached hydrogen (secondary N) is 1. The molecule has 0 radical (unpaired) electrons. The van der Waals surface area contributed by atoms with Gasteiger partial charge in [-0.25, -0.2) is 0 Å². The lowest BCUT2D eigenvalue weighted by molar-refractivity contribution is -0.121. The van der Waals surface area contributed by atoms with Crippen LogP contribution < -0.4 is 5.32 Å². The van der Waals surface area contributed by atoms with Gasteiger partial charge in [0.15, 0.2) is 5.82 Å². The number of benzene rings is 1. The average Bonchev–Trinajstić information content (AvgIpc) is 2.97. The molecule has 1 heterocycles. The van der Waals surface area contributed by atoms with Crippen LogP contribution in [0, 0.1) is 6.92 Å². The van der Waals surface area contributed by atoms with Crippen molar-refractivity contribution < 1.29 is 9.32 Å². The molecule has 5 heteroatoms. The summed E-state index contributed by atoms with van der Waals surface area (Å²) in [5.41, 5.74) is 1.98. The topological polar surface area (TPSA) is 68.0 Å². The van der Waals surface area contributed by atoms with Crippen molar-refractivity contribution in [1.82, 2.24) is 15.5 Å². The minimum atomic E-state index is -0.0240. The number of carbonyl (C=O) groups is 1. The highest BCUT2D eigenvalue weighted by molar-refractivity contribution is 5.78. The van der Waals surface area contributed by atoms with Gasteiger partial charge in [0.2, 0.25) is 5.91 Å². The number of hydrogen-bond acceptors (Lipinski definition) is 4. The number of rotatable bonds is 4. The predicted molar refractivity (Wildman–Crippen MR) is 83.2 cm³/mol. The standard InChI is InChI=1S/C17H21N3O2/c1-12-7-5-6-10-14(12)17-19-15(20-22-17)11-16(21)18-13-8-3-2-4-9-13/h5-7,10,13H,2-4,8-9,11H2,1H3,(H,18,21). The zero-order valence-corrected chi connectivity index (χ0v) is 12.8. The Labute approximate surface area is 130 Å². The molecule has 5 nitrogen and oxygen atoms in total. The van der Waals surface area contributed by atoms with Gasteiger partial charge in [-0.15, -0.1) is 0 Å². The lowest BCUT2D eigenvalue weighted by Gasteiger charge is -2.22. The molecule has 0 unspecified atom stereocenters. The van der Waals surface area contributed by atoms with Crippen molar-refractivity contribution in [3.63, 3.8) is 0 Å². The Kier molecular flexibility index (Phi) is 4.51. The Balaban J connectivity index is 1.62. The number of nitrogens with zero attached hydrogens (tertiary/aromatic N) is 2. The van der Waals surface area contributed by atoms with Gasteiger partial charge < -0.3 is 9.84 Å². The van der Waals surface area contributed by atoms with Crippen molar-refractivity contribution in [2.24, 2.45) is 0 Å². The fraction of sp³-hybridized carbons (Fsp3) is 0.471. The van der Waals surface area contributed by atoms with E-state index >= 15 is 0 Å². The van der Waals surface area contributed by atoms with Crippen molar-refractivity contribution in [2.45, 2.75) is 51.5 Å². The third-order valence-electron chi connectivity index (χ3n) is 4.13. The van der Waals surface area contributed by atoms with E-state index in [2.05, 4.69) is 15.5 Å². The molecule has 1 amide bonds. The molecule has 3 rings (SSSR count). The van der Waals surface area contributed by atoms with E-state index < -0.39 is 0 Å². The van der Waals surface area contributed by atoms with E-state index in [4.69, 9.17) is 4.52 Å². The van der Waals surface area contributed by atoms with E-state index in [1.165, 1.54) is 19.3 Å². The second-order valence-electron chi connectivity index (χ2n) is 5.91. The second kappa shape index (κ2) is 6.73. The van der Waals surface area contributed by atoms with E-state index in [1.54, 1.807) is 0 Å². The maximum Gasteiger partial charge on any atom is 0.258 e. The van der Waals surface area contributed by atoms with Crippen LogP contribution in [0.15, 0.2) is 28.8 Å². The maximum atomic E-state index is 12.1. The molecule has 1 fully saturated rings. The van der Waals surface area contributed by atoms with Gasteiger partial charge in [0.25, 0.3) is 5.89 Å². The second-order valence-corrected chi connectivity index (χ2v) is 5.91. The van der Waals surface area contributed by atoms with Crippen LogP contribution in [-0.4, -0.2) is 22.1 Å². The monoisotopic (exact) mass is 299 g/mol. The number of aryl methyl sites for hydroxylation is 1. The van der Waals surface area contributed by atoms with E-state index in [0.29, 0.717) is 17.8 Å². The highest BCUT2D eigenvalue weighted by atomic mass is 16.5. The summed E-state index contributed by atoms with van der Waals surface area (Å²) < 4.78 is 5.28. The van der Waals surface area contributed by atoms with Crippen LogP contribution in [0.4, 0.5) is 0 Å². The van der Waals surface area contributed by atoms with Gasteiger partial charge in [-0.3, -0.25) is 4.79 Å². The van der Waals surface area contributed by atoms with E-state index in [-0.39, 0.29) is 12.3 Å². The van der Waals surface area contributed by atoms with Crippen molar-refractivity contribution in [1.29, 1.82) is 0 Å². The molecule has 1 aromatic heterocycles. The Morgan fingerprint density at radius 3 is 2.82 bits per heavy atom. The van der Waals surface area contributed by atoms with Gasteiger partial charge >= 0.3 is 0 Å². The van der Waals surface area contributed by atoms with Crippen LogP contribution in [0.25, 0.3) is 11.5 Å². The van der Waals surface area contributed by atoms with Gasteiger partial charge in [-0.2, -0.15) is 4.98 Å². The summed E-state index contributed by atoms with van der Waals surface area (Å²) in [5.74, 6) is 0.883. The summed E-state index contributed by atoms with van der Waals surface area (Å²) in [7, 11) is 0.